The molecule has 0 atom stereocenters. The van der Waals surface area contributed by atoms with E-state index in [0.717, 1.165) is 35.6 Å². The third-order valence-corrected chi connectivity index (χ3v) is 4.83. The quantitative estimate of drug-likeness (QED) is 0.501. The van der Waals surface area contributed by atoms with Gasteiger partial charge in [0.15, 0.2) is 5.65 Å². The van der Waals surface area contributed by atoms with Gasteiger partial charge in [0.1, 0.15) is 5.82 Å². The fourth-order valence-electron chi connectivity index (χ4n) is 3.29. The summed E-state index contributed by atoms with van der Waals surface area (Å²) in [4.78, 5) is 12.0. The van der Waals surface area contributed by atoms with Crippen LogP contribution in [-0.4, -0.2) is 15.0 Å². The standard InChI is InChI=1S/C24H24N4/c1-17-8-9-20(16-25-15-19-6-4-3-5-7-19)14-22(17)11-10-21-12-13-26-24-23(21)27-18(2)28-24/h3-14,25H,15-16H2,1-2H3,(H,26,27,28)/b11-10+. The van der Waals surface area contributed by atoms with Gasteiger partial charge >= 0.3 is 0 Å². The Kier molecular flexibility index (Phi) is 5.31. The lowest BCUT2D eigenvalue weighted by Crippen LogP contribution is -2.12. The van der Waals surface area contributed by atoms with Crippen molar-refractivity contribution in [2.24, 2.45) is 0 Å². The van der Waals surface area contributed by atoms with Crippen molar-refractivity contribution in [2.75, 3.05) is 0 Å². The average molecular weight is 368 g/mol. The number of aromatic amines is 1. The Labute approximate surface area is 165 Å². The van der Waals surface area contributed by atoms with E-state index in [1.807, 2.05) is 19.1 Å². The van der Waals surface area contributed by atoms with Gasteiger partial charge in [-0.05, 0) is 42.2 Å². The van der Waals surface area contributed by atoms with Crippen LogP contribution in [0.15, 0.2) is 60.8 Å². The molecule has 0 bridgehead atoms. The number of hydrogen-bond donors (Lipinski definition) is 2. The van der Waals surface area contributed by atoms with Gasteiger partial charge in [-0.15, -0.1) is 0 Å². The summed E-state index contributed by atoms with van der Waals surface area (Å²) in [6.07, 6.45) is 6.10. The minimum absolute atomic E-state index is 0.759. The maximum Gasteiger partial charge on any atom is 0.178 e. The predicted molar refractivity (Wildman–Crippen MR) is 116 cm³/mol. The molecule has 0 unspecified atom stereocenters. The first-order chi connectivity index (χ1) is 13.7. The second-order valence-electron chi connectivity index (χ2n) is 7.03. The number of nitrogens with one attached hydrogen (secondary N) is 2. The summed E-state index contributed by atoms with van der Waals surface area (Å²) in [7, 11) is 0. The minimum Gasteiger partial charge on any atom is -0.340 e. The van der Waals surface area contributed by atoms with Gasteiger partial charge in [-0.1, -0.05) is 60.7 Å². The van der Waals surface area contributed by atoms with E-state index < -0.39 is 0 Å². The van der Waals surface area contributed by atoms with E-state index in [9.17, 15) is 0 Å². The molecule has 0 amide bonds. The van der Waals surface area contributed by atoms with E-state index in [1.165, 1.54) is 22.3 Å². The van der Waals surface area contributed by atoms with Gasteiger partial charge < -0.3 is 10.3 Å². The van der Waals surface area contributed by atoms with Crippen molar-refractivity contribution < 1.29 is 0 Å². The molecule has 2 aromatic carbocycles. The molecule has 0 fully saturated rings. The van der Waals surface area contributed by atoms with Crippen LogP contribution >= 0.6 is 0 Å². The topological polar surface area (TPSA) is 53.6 Å². The van der Waals surface area contributed by atoms with Crippen LogP contribution in [0.25, 0.3) is 23.3 Å². The molecule has 0 spiro atoms. The van der Waals surface area contributed by atoms with E-state index in [2.05, 4.69) is 81.8 Å². The lowest BCUT2D eigenvalue weighted by Gasteiger charge is -2.08. The average Bonchev–Trinajstić information content (AvgIpc) is 3.10. The fourth-order valence-corrected chi connectivity index (χ4v) is 3.29. The van der Waals surface area contributed by atoms with Crippen molar-refractivity contribution in [1.29, 1.82) is 0 Å². The van der Waals surface area contributed by atoms with Gasteiger partial charge in [0, 0.05) is 24.8 Å². The molecule has 4 heteroatoms. The molecule has 0 aliphatic carbocycles. The fraction of sp³-hybridized carbons (Fsp3) is 0.167. The molecule has 4 nitrogen and oxygen atoms in total. The maximum absolute atomic E-state index is 4.41. The molecule has 28 heavy (non-hydrogen) atoms. The lowest BCUT2D eigenvalue weighted by molar-refractivity contribution is 0.693. The highest BCUT2D eigenvalue weighted by Crippen LogP contribution is 2.19. The number of hydrogen-bond acceptors (Lipinski definition) is 3. The molecule has 4 aromatic rings. The minimum atomic E-state index is 0.759. The molecule has 2 aromatic heterocycles. The molecule has 0 saturated carbocycles. The lowest BCUT2D eigenvalue weighted by atomic mass is 10.0. The highest BCUT2D eigenvalue weighted by molar-refractivity contribution is 5.86. The number of benzene rings is 2. The number of pyridine rings is 1. The number of rotatable bonds is 6. The van der Waals surface area contributed by atoms with Crippen molar-refractivity contribution in [2.45, 2.75) is 26.9 Å². The summed E-state index contributed by atoms with van der Waals surface area (Å²) < 4.78 is 0. The first-order valence-corrected chi connectivity index (χ1v) is 9.52. The number of aryl methyl sites for hydroxylation is 2. The van der Waals surface area contributed by atoms with Crippen LogP contribution in [-0.2, 0) is 13.1 Å². The van der Waals surface area contributed by atoms with Crippen molar-refractivity contribution in [1.82, 2.24) is 20.3 Å². The van der Waals surface area contributed by atoms with E-state index >= 15 is 0 Å². The molecule has 4 rings (SSSR count). The normalized spacial score (nSPS) is 11.5. The van der Waals surface area contributed by atoms with Crippen LogP contribution in [0.5, 0.6) is 0 Å². The Morgan fingerprint density at radius 3 is 2.54 bits per heavy atom. The number of imidazole rings is 1. The first-order valence-electron chi connectivity index (χ1n) is 9.52. The highest BCUT2D eigenvalue weighted by Gasteiger charge is 2.04. The summed E-state index contributed by atoms with van der Waals surface area (Å²) in [6.45, 7) is 5.80. The number of nitrogens with zero attached hydrogens (tertiary/aromatic N) is 2. The molecular weight excluding hydrogens is 344 g/mol. The van der Waals surface area contributed by atoms with Gasteiger partial charge in [0.2, 0.25) is 0 Å². The molecule has 140 valence electrons. The van der Waals surface area contributed by atoms with Gasteiger partial charge in [0.05, 0.1) is 5.52 Å². The van der Waals surface area contributed by atoms with Crippen LogP contribution in [0.4, 0.5) is 0 Å². The van der Waals surface area contributed by atoms with Gasteiger partial charge in [0.25, 0.3) is 0 Å². The second-order valence-corrected chi connectivity index (χ2v) is 7.03. The molecule has 0 radical (unpaired) electrons. The van der Waals surface area contributed by atoms with Gasteiger partial charge in [-0.25, -0.2) is 9.97 Å². The van der Waals surface area contributed by atoms with Crippen LogP contribution in [0.2, 0.25) is 0 Å². The Morgan fingerprint density at radius 2 is 1.68 bits per heavy atom. The van der Waals surface area contributed by atoms with E-state index in [0.29, 0.717) is 0 Å². The predicted octanol–water partition coefficient (Wildman–Crippen LogP) is 5.03. The molecular formula is C24H24N4. The Morgan fingerprint density at radius 1 is 0.893 bits per heavy atom. The smallest absolute Gasteiger partial charge is 0.178 e. The summed E-state index contributed by atoms with van der Waals surface area (Å²) in [6, 6.07) is 19.1. The van der Waals surface area contributed by atoms with Gasteiger partial charge in [-0.3, -0.25) is 0 Å². The number of H-pyrrole nitrogens is 1. The highest BCUT2D eigenvalue weighted by atomic mass is 15.0. The number of fused-ring (bicyclic) bond motifs is 1. The zero-order valence-electron chi connectivity index (χ0n) is 16.2. The summed E-state index contributed by atoms with van der Waals surface area (Å²) in [5, 5.41) is 3.52. The second kappa shape index (κ2) is 8.19. The van der Waals surface area contributed by atoms with Crippen LogP contribution in [0.3, 0.4) is 0 Å². The maximum atomic E-state index is 4.41. The van der Waals surface area contributed by atoms with E-state index in [4.69, 9.17) is 0 Å². The molecule has 2 N–H and O–H groups in total. The monoisotopic (exact) mass is 368 g/mol. The Balaban J connectivity index is 1.49. The summed E-state index contributed by atoms with van der Waals surface area (Å²) >= 11 is 0. The van der Waals surface area contributed by atoms with Crippen LogP contribution in [0.1, 0.15) is 33.6 Å². The summed E-state index contributed by atoms with van der Waals surface area (Å²) in [5.41, 5.74) is 7.89. The van der Waals surface area contributed by atoms with Crippen molar-refractivity contribution in [3.05, 3.63) is 94.4 Å². The van der Waals surface area contributed by atoms with Gasteiger partial charge in [-0.2, -0.15) is 0 Å². The SMILES string of the molecule is Cc1nc2nccc(/C=C/c3cc(CNCc4ccccc4)ccc3C)c2[nH]1. The zero-order chi connectivity index (χ0) is 19.3. The van der Waals surface area contributed by atoms with Crippen LogP contribution in [0, 0.1) is 13.8 Å². The summed E-state index contributed by atoms with van der Waals surface area (Å²) in [5.74, 6) is 0.881. The molecule has 0 aliphatic rings. The molecule has 2 heterocycles. The van der Waals surface area contributed by atoms with Crippen LogP contribution < -0.4 is 5.32 Å². The number of aromatic nitrogens is 3. The van der Waals surface area contributed by atoms with E-state index in [-0.39, 0.29) is 0 Å². The largest absolute Gasteiger partial charge is 0.340 e. The van der Waals surface area contributed by atoms with Crippen molar-refractivity contribution in [3.63, 3.8) is 0 Å². The van der Waals surface area contributed by atoms with Crippen molar-refractivity contribution >= 4 is 23.3 Å². The first kappa shape index (κ1) is 18.1. The third-order valence-electron chi connectivity index (χ3n) is 4.83. The third kappa shape index (κ3) is 4.18. The zero-order valence-corrected chi connectivity index (χ0v) is 16.2. The van der Waals surface area contributed by atoms with Crippen molar-refractivity contribution in [3.8, 4) is 0 Å². The molecule has 0 aliphatic heterocycles. The van der Waals surface area contributed by atoms with E-state index in [1.54, 1.807) is 6.20 Å². The molecule has 0 saturated heterocycles. The Hall–Kier alpha value is -3.24. The Bertz CT molecular complexity index is 1110.